The van der Waals surface area contributed by atoms with Gasteiger partial charge in [0.05, 0.1) is 11.5 Å². The van der Waals surface area contributed by atoms with Gasteiger partial charge in [0.2, 0.25) is 0 Å². The molecule has 0 saturated heterocycles. The van der Waals surface area contributed by atoms with Crippen molar-refractivity contribution in [3.8, 4) is 0 Å². The van der Waals surface area contributed by atoms with Gasteiger partial charge in [-0.15, -0.1) is 0 Å². The molecule has 1 aliphatic rings. The average Bonchev–Trinajstić information content (AvgIpc) is 2.93. The fraction of sp³-hybridized carbons (Fsp3) is 0.462. The van der Waals surface area contributed by atoms with Gasteiger partial charge in [-0.1, -0.05) is 0 Å². The zero-order valence-corrected chi connectivity index (χ0v) is 10.4. The molecule has 0 unspecified atom stereocenters. The third-order valence-corrected chi connectivity index (χ3v) is 3.77. The molecule has 1 aliphatic carbocycles. The SMILES string of the molecule is [CH2][C@H]1C[C@@H](n2ccc3c(NC)ncnc32)C[C@@H]1O. The van der Waals surface area contributed by atoms with Crippen LogP contribution in [0.3, 0.4) is 0 Å². The van der Waals surface area contributed by atoms with Gasteiger partial charge in [0.25, 0.3) is 0 Å². The monoisotopic (exact) mass is 245 g/mol. The third kappa shape index (κ3) is 1.66. The fourth-order valence-electron chi connectivity index (χ4n) is 2.77. The molecule has 2 heterocycles. The van der Waals surface area contributed by atoms with Crippen molar-refractivity contribution in [1.82, 2.24) is 14.5 Å². The van der Waals surface area contributed by atoms with E-state index in [2.05, 4.69) is 26.8 Å². The van der Waals surface area contributed by atoms with E-state index in [0.29, 0.717) is 0 Å². The van der Waals surface area contributed by atoms with Crippen molar-refractivity contribution in [3.05, 3.63) is 25.5 Å². The minimum atomic E-state index is -0.307. The second kappa shape index (κ2) is 4.24. The van der Waals surface area contributed by atoms with Crippen LogP contribution in [-0.2, 0) is 0 Å². The lowest BCUT2D eigenvalue weighted by Crippen LogP contribution is -2.09. The van der Waals surface area contributed by atoms with Crippen LogP contribution in [0.25, 0.3) is 11.0 Å². The lowest BCUT2D eigenvalue weighted by atomic mass is 10.1. The number of rotatable bonds is 2. The van der Waals surface area contributed by atoms with Crippen molar-refractivity contribution in [2.75, 3.05) is 12.4 Å². The topological polar surface area (TPSA) is 63.0 Å². The lowest BCUT2D eigenvalue weighted by molar-refractivity contribution is 0.149. The minimum Gasteiger partial charge on any atom is -0.393 e. The normalized spacial score (nSPS) is 27.8. The molecular weight excluding hydrogens is 228 g/mol. The molecule has 3 atom stereocenters. The predicted octanol–water partition coefficient (Wildman–Crippen LogP) is 1.62. The van der Waals surface area contributed by atoms with Gasteiger partial charge in [0.1, 0.15) is 17.8 Å². The Morgan fingerprint density at radius 1 is 1.44 bits per heavy atom. The van der Waals surface area contributed by atoms with Gasteiger partial charge in [0, 0.05) is 19.3 Å². The Morgan fingerprint density at radius 2 is 2.28 bits per heavy atom. The van der Waals surface area contributed by atoms with Gasteiger partial charge >= 0.3 is 0 Å². The van der Waals surface area contributed by atoms with E-state index in [1.54, 1.807) is 6.33 Å². The number of fused-ring (bicyclic) bond motifs is 1. The first-order chi connectivity index (χ1) is 8.70. The number of hydrogen-bond acceptors (Lipinski definition) is 4. The van der Waals surface area contributed by atoms with E-state index in [0.717, 1.165) is 29.7 Å². The van der Waals surface area contributed by atoms with Crippen LogP contribution in [0.4, 0.5) is 5.82 Å². The molecule has 3 rings (SSSR count). The molecule has 2 aromatic heterocycles. The van der Waals surface area contributed by atoms with E-state index in [1.807, 2.05) is 19.3 Å². The molecule has 1 radical (unpaired) electrons. The number of anilines is 1. The molecule has 0 aliphatic heterocycles. The van der Waals surface area contributed by atoms with Gasteiger partial charge < -0.3 is 15.0 Å². The number of aromatic nitrogens is 3. The van der Waals surface area contributed by atoms with E-state index in [-0.39, 0.29) is 18.1 Å². The van der Waals surface area contributed by atoms with Crippen LogP contribution in [0.15, 0.2) is 18.6 Å². The summed E-state index contributed by atoms with van der Waals surface area (Å²) in [5, 5.41) is 13.9. The van der Waals surface area contributed by atoms with Crippen LogP contribution in [-0.4, -0.2) is 32.8 Å². The maximum atomic E-state index is 9.82. The van der Waals surface area contributed by atoms with E-state index < -0.39 is 0 Å². The molecule has 0 spiro atoms. The summed E-state index contributed by atoms with van der Waals surface area (Å²) in [7, 11) is 1.85. The van der Waals surface area contributed by atoms with Crippen molar-refractivity contribution in [1.29, 1.82) is 0 Å². The highest BCUT2D eigenvalue weighted by atomic mass is 16.3. The smallest absolute Gasteiger partial charge is 0.145 e. The Morgan fingerprint density at radius 3 is 2.94 bits per heavy atom. The van der Waals surface area contributed by atoms with Gasteiger partial charge in [-0.3, -0.25) is 0 Å². The molecule has 5 heteroatoms. The van der Waals surface area contributed by atoms with Crippen molar-refractivity contribution < 1.29 is 5.11 Å². The highest BCUT2D eigenvalue weighted by Crippen LogP contribution is 2.36. The van der Waals surface area contributed by atoms with Crippen molar-refractivity contribution in [3.63, 3.8) is 0 Å². The summed E-state index contributed by atoms with van der Waals surface area (Å²) < 4.78 is 2.13. The van der Waals surface area contributed by atoms with Crippen molar-refractivity contribution >= 4 is 16.9 Å². The molecule has 1 saturated carbocycles. The van der Waals surface area contributed by atoms with Crippen LogP contribution in [0.2, 0.25) is 0 Å². The lowest BCUT2D eigenvalue weighted by Gasteiger charge is -2.13. The Kier molecular flexibility index (Phi) is 2.70. The van der Waals surface area contributed by atoms with Gasteiger partial charge in [-0.05, 0) is 31.7 Å². The molecule has 2 aromatic rings. The number of aliphatic hydroxyl groups is 1. The highest BCUT2D eigenvalue weighted by molar-refractivity contribution is 5.87. The average molecular weight is 245 g/mol. The second-order valence-corrected chi connectivity index (χ2v) is 4.89. The van der Waals surface area contributed by atoms with Gasteiger partial charge in [0.15, 0.2) is 0 Å². The molecule has 5 nitrogen and oxygen atoms in total. The Balaban J connectivity index is 2.03. The maximum absolute atomic E-state index is 9.82. The molecule has 2 N–H and O–H groups in total. The number of nitrogens with zero attached hydrogens (tertiary/aromatic N) is 3. The maximum Gasteiger partial charge on any atom is 0.145 e. The van der Waals surface area contributed by atoms with E-state index in [9.17, 15) is 5.11 Å². The fourth-order valence-corrected chi connectivity index (χ4v) is 2.77. The molecule has 0 bridgehead atoms. The van der Waals surface area contributed by atoms with Crippen LogP contribution in [0.5, 0.6) is 0 Å². The zero-order valence-electron chi connectivity index (χ0n) is 10.4. The summed E-state index contributed by atoms with van der Waals surface area (Å²) >= 11 is 0. The summed E-state index contributed by atoms with van der Waals surface area (Å²) in [5.74, 6) is 0.946. The predicted molar refractivity (Wildman–Crippen MR) is 70.2 cm³/mol. The van der Waals surface area contributed by atoms with E-state index in [4.69, 9.17) is 0 Å². The third-order valence-electron chi connectivity index (χ3n) is 3.77. The quantitative estimate of drug-likeness (QED) is 0.844. The zero-order chi connectivity index (χ0) is 12.7. The van der Waals surface area contributed by atoms with E-state index in [1.165, 1.54) is 0 Å². The number of hydrogen-bond donors (Lipinski definition) is 2. The van der Waals surface area contributed by atoms with Gasteiger partial charge in [-0.25, -0.2) is 9.97 Å². The molecular formula is C13H17N4O. The molecule has 1 fully saturated rings. The summed E-state index contributed by atoms with van der Waals surface area (Å²) in [5.41, 5.74) is 0.917. The van der Waals surface area contributed by atoms with Crippen LogP contribution in [0, 0.1) is 12.8 Å². The van der Waals surface area contributed by atoms with Crippen molar-refractivity contribution in [2.24, 2.45) is 5.92 Å². The Labute approximate surface area is 106 Å². The Hall–Kier alpha value is -1.62. The van der Waals surface area contributed by atoms with Crippen molar-refractivity contribution in [2.45, 2.75) is 25.0 Å². The molecule has 0 amide bonds. The molecule has 95 valence electrons. The minimum absolute atomic E-state index is 0.109. The first kappa shape index (κ1) is 11.5. The second-order valence-electron chi connectivity index (χ2n) is 4.89. The number of nitrogens with one attached hydrogen (secondary N) is 1. The largest absolute Gasteiger partial charge is 0.393 e. The summed E-state index contributed by atoms with van der Waals surface area (Å²) in [4.78, 5) is 8.55. The van der Waals surface area contributed by atoms with Crippen LogP contribution < -0.4 is 5.32 Å². The first-order valence-electron chi connectivity index (χ1n) is 6.21. The van der Waals surface area contributed by atoms with E-state index >= 15 is 0 Å². The summed E-state index contributed by atoms with van der Waals surface area (Å²) in [6.07, 6.45) is 4.92. The Bertz CT molecular complexity index is 555. The highest BCUT2D eigenvalue weighted by Gasteiger charge is 2.31. The standard InChI is InChI=1S/C13H17N4O/c1-8-5-9(6-11(8)18)17-4-3-10-12(14-2)15-7-16-13(10)17/h3-4,7-9,11,18H,1,5-6H2,2H3,(H,14,15,16)/t8-,9+,11-/m0/s1. The summed E-state index contributed by atoms with van der Waals surface area (Å²) in [6, 6.07) is 2.30. The summed E-state index contributed by atoms with van der Waals surface area (Å²) in [6.45, 7) is 3.98. The van der Waals surface area contributed by atoms with Crippen LogP contribution in [0.1, 0.15) is 18.9 Å². The first-order valence-corrected chi connectivity index (χ1v) is 6.21. The number of aliphatic hydroxyl groups excluding tert-OH is 1. The molecule has 0 aromatic carbocycles. The molecule has 18 heavy (non-hydrogen) atoms. The van der Waals surface area contributed by atoms with Gasteiger partial charge in [-0.2, -0.15) is 0 Å². The van der Waals surface area contributed by atoms with Crippen LogP contribution >= 0.6 is 0 Å².